The molecule has 1 heterocycles. The van der Waals surface area contributed by atoms with E-state index in [0.29, 0.717) is 0 Å². The van der Waals surface area contributed by atoms with E-state index in [1.165, 1.54) is 6.07 Å². The Labute approximate surface area is 108 Å². The van der Waals surface area contributed by atoms with E-state index < -0.39 is 18.1 Å². The molecule has 0 radical (unpaired) electrons. The van der Waals surface area contributed by atoms with Gasteiger partial charge in [-0.1, -0.05) is 0 Å². The number of thiophene rings is 1. The fourth-order valence-electron chi connectivity index (χ4n) is 1.22. The highest BCUT2D eigenvalue weighted by atomic mass is 32.1. The number of carbonyl (C=O) groups excluding carboxylic acids is 1. The molecule has 0 bridgehead atoms. The number of nitrogens with two attached hydrogens (primary N) is 1. The average Bonchev–Trinajstić information content (AvgIpc) is 2.53. The maximum Gasteiger partial charge on any atom is 0.387 e. The summed E-state index contributed by atoms with van der Waals surface area (Å²) in [7, 11) is 0. The zero-order valence-corrected chi connectivity index (χ0v) is 11.2. The SMILES string of the molecule is Cc1cc(OC(F)F)c(C(=O)NCC(C)(C)N)s1. The van der Waals surface area contributed by atoms with E-state index in [4.69, 9.17) is 5.73 Å². The van der Waals surface area contributed by atoms with Gasteiger partial charge in [0.05, 0.1) is 0 Å². The maximum absolute atomic E-state index is 12.2. The molecule has 1 amide bonds. The average molecular weight is 278 g/mol. The molecule has 0 saturated heterocycles. The minimum absolute atomic E-state index is 0.0974. The number of carbonyl (C=O) groups is 1. The topological polar surface area (TPSA) is 64.3 Å². The van der Waals surface area contributed by atoms with Gasteiger partial charge in [0.2, 0.25) is 0 Å². The first kappa shape index (κ1) is 14.8. The summed E-state index contributed by atoms with van der Waals surface area (Å²) in [6, 6.07) is 1.42. The molecule has 7 heteroatoms. The van der Waals surface area contributed by atoms with Crippen LogP contribution in [-0.2, 0) is 0 Å². The highest BCUT2D eigenvalue weighted by Crippen LogP contribution is 2.30. The summed E-state index contributed by atoms with van der Waals surface area (Å²) in [6.45, 7) is 2.52. The molecule has 0 atom stereocenters. The van der Waals surface area contributed by atoms with Gasteiger partial charge in [0.15, 0.2) is 0 Å². The lowest BCUT2D eigenvalue weighted by molar-refractivity contribution is -0.0498. The molecule has 4 nitrogen and oxygen atoms in total. The Hall–Kier alpha value is -1.21. The van der Waals surface area contributed by atoms with Crippen molar-refractivity contribution in [2.75, 3.05) is 6.54 Å². The quantitative estimate of drug-likeness (QED) is 0.867. The Balaban J connectivity index is 2.78. The van der Waals surface area contributed by atoms with Gasteiger partial charge in [0, 0.05) is 17.0 Å². The molecule has 102 valence electrons. The molecular formula is C11H16F2N2O2S. The molecule has 0 fully saturated rings. The summed E-state index contributed by atoms with van der Waals surface area (Å²) in [4.78, 5) is 12.7. The van der Waals surface area contributed by atoms with Gasteiger partial charge in [-0.25, -0.2) is 0 Å². The smallest absolute Gasteiger partial charge is 0.387 e. The van der Waals surface area contributed by atoms with Gasteiger partial charge in [-0.05, 0) is 26.8 Å². The van der Waals surface area contributed by atoms with Crippen molar-refractivity contribution in [3.63, 3.8) is 0 Å². The lowest BCUT2D eigenvalue weighted by atomic mass is 10.1. The Morgan fingerprint density at radius 3 is 2.72 bits per heavy atom. The van der Waals surface area contributed by atoms with Crippen LogP contribution in [0.5, 0.6) is 5.75 Å². The first-order valence-corrected chi connectivity index (χ1v) is 6.13. The summed E-state index contributed by atoms with van der Waals surface area (Å²) in [5.74, 6) is -0.554. The second-order valence-corrected chi connectivity index (χ2v) is 5.86. The van der Waals surface area contributed by atoms with Crippen LogP contribution in [0.3, 0.4) is 0 Å². The Morgan fingerprint density at radius 1 is 1.61 bits per heavy atom. The number of hydrogen-bond donors (Lipinski definition) is 2. The molecule has 0 unspecified atom stereocenters. The van der Waals surface area contributed by atoms with Crippen LogP contribution in [-0.4, -0.2) is 24.6 Å². The number of rotatable bonds is 5. The van der Waals surface area contributed by atoms with Crippen molar-refractivity contribution in [1.29, 1.82) is 0 Å². The summed E-state index contributed by atoms with van der Waals surface area (Å²) < 4.78 is 28.7. The van der Waals surface area contributed by atoms with Gasteiger partial charge >= 0.3 is 6.61 Å². The monoisotopic (exact) mass is 278 g/mol. The molecule has 0 aliphatic heterocycles. The number of halogens is 2. The predicted molar refractivity (Wildman–Crippen MR) is 66.3 cm³/mol. The van der Waals surface area contributed by atoms with E-state index in [1.807, 2.05) is 0 Å². The third-order valence-electron chi connectivity index (χ3n) is 1.95. The van der Waals surface area contributed by atoms with Gasteiger partial charge in [0.25, 0.3) is 5.91 Å². The van der Waals surface area contributed by atoms with E-state index in [9.17, 15) is 13.6 Å². The minimum Gasteiger partial charge on any atom is -0.433 e. The summed E-state index contributed by atoms with van der Waals surface area (Å²) in [6.07, 6.45) is 0. The molecular weight excluding hydrogens is 262 g/mol. The third kappa shape index (κ3) is 4.58. The van der Waals surface area contributed by atoms with Crippen LogP contribution in [0.4, 0.5) is 8.78 Å². The minimum atomic E-state index is -2.95. The Morgan fingerprint density at radius 2 is 2.22 bits per heavy atom. The molecule has 1 aromatic rings. The molecule has 0 saturated carbocycles. The van der Waals surface area contributed by atoms with Gasteiger partial charge in [-0.2, -0.15) is 8.78 Å². The van der Waals surface area contributed by atoms with Crippen molar-refractivity contribution in [1.82, 2.24) is 5.32 Å². The zero-order chi connectivity index (χ0) is 13.9. The second-order valence-electron chi connectivity index (χ2n) is 4.60. The maximum atomic E-state index is 12.2. The molecule has 3 N–H and O–H groups in total. The van der Waals surface area contributed by atoms with Crippen molar-refractivity contribution in [2.24, 2.45) is 5.73 Å². The number of aryl methyl sites for hydroxylation is 1. The number of amides is 1. The summed E-state index contributed by atoms with van der Waals surface area (Å²) >= 11 is 1.10. The number of alkyl halides is 2. The van der Waals surface area contributed by atoms with E-state index >= 15 is 0 Å². The molecule has 0 spiro atoms. The van der Waals surface area contributed by atoms with Gasteiger partial charge in [-0.3, -0.25) is 4.79 Å². The van der Waals surface area contributed by atoms with Gasteiger partial charge in [0.1, 0.15) is 10.6 Å². The highest BCUT2D eigenvalue weighted by Gasteiger charge is 2.20. The first-order valence-electron chi connectivity index (χ1n) is 5.31. The predicted octanol–water partition coefficient (Wildman–Crippen LogP) is 2.13. The van der Waals surface area contributed by atoms with Crippen LogP contribution < -0.4 is 15.8 Å². The molecule has 1 aromatic heterocycles. The van der Waals surface area contributed by atoms with Crippen molar-refractivity contribution < 1.29 is 18.3 Å². The van der Waals surface area contributed by atoms with Crippen molar-refractivity contribution in [3.05, 3.63) is 15.8 Å². The number of nitrogens with one attached hydrogen (secondary N) is 1. The molecule has 0 aromatic carbocycles. The summed E-state index contributed by atoms with van der Waals surface area (Å²) in [5.41, 5.74) is 5.16. The molecule has 0 aliphatic rings. The largest absolute Gasteiger partial charge is 0.433 e. The van der Waals surface area contributed by atoms with E-state index in [1.54, 1.807) is 20.8 Å². The van der Waals surface area contributed by atoms with Gasteiger partial charge < -0.3 is 15.8 Å². The van der Waals surface area contributed by atoms with Crippen LogP contribution in [0.15, 0.2) is 6.07 Å². The third-order valence-corrected chi connectivity index (χ3v) is 2.98. The lowest BCUT2D eigenvalue weighted by Crippen LogP contribution is -2.45. The van der Waals surface area contributed by atoms with E-state index in [2.05, 4.69) is 10.1 Å². The summed E-state index contributed by atoms with van der Waals surface area (Å²) in [5, 5.41) is 2.59. The fraction of sp³-hybridized carbons (Fsp3) is 0.545. The van der Waals surface area contributed by atoms with Crippen molar-refractivity contribution in [2.45, 2.75) is 32.9 Å². The highest BCUT2D eigenvalue weighted by molar-refractivity contribution is 7.14. The van der Waals surface area contributed by atoms with E-state index in [0.717, 1.165) is 16.2 Å². The van der Waals surface area contributed by atoms with Crippen molar-refractivity contribution >= 4 is 17.2 Å². The van der Waals surface area contributed by atoms with Crippen LogP contribution in [0.25, 0.3) is 0 Å². The van der Waals surface area contributed by atoms with E-state index in [-0.39, 0.29) is 17.2 Å². The standard InChI is InChI=1S/C11H16F2N2O2S/c1-6-4-7(17-10(12)13)8(18-6)9(16)15-5-11(2,3)14/h4,10H,5,14H2,1-3H3,(H,15,16). The normalized spacial score (nSPS) is 11.7. The Bertz CT molecular complexity index is 427. The van der Waals surface area contributed by atoms with Crippen LogP contribution in [0.1, 0.15) is 28.4 Å². The molecule has 18 heavy (non-hydrogen) atoms. The Kier molecular flexibility index (Phi) is 4.64. The second kappa shape index (κ2) is 5.62. The van der Waals surface area contributed by atoms with Crippen LogP contribution in [0, 0.1) is 6.92 Å². The van der Waals surface area contributed by atoms with Crippen LogP contribution >= 0.6 is 11.3 Å². The molecule has 0 aliphatic carbocycles. The van der Waals surface area contributed by atoms with Crippen LogP contribution in [0.2, 0.25) is 0 Å². The van der Waals surface area contributed by atoms with Gasteiger partial charge in [-0.15, -0.1) is 11.3 Å². The lowest BCUT2D eigenvalue weighted by Gasteiger charge is -2.18. The zero-order valence-electron chi connectivity index (χ0n) is 10.4. The number of hydrogen-bond acceptors (Lipinski definition) is 4. The first-order chi connectivity index (χ1) is 8.19. The van der Waals surface area contributed by atoms with Crippen molar-refractivity contribution in [3.8, 4) is 5.75 Å². The fourth-order valence-corrected chi connectivity index (χ4v) is 2.08. The number of ether oxygens (including phenoxy) is 1. The molecule has 1 rings (SSSR count).